The number of anilines is 1. The summed E-state index contributed by atoms with van der Waals surface area (Å²) in [7, 11) is 1.77. The number of aromatic nitrogens is 1. The van der Waals surface area contributed by atoms with Crippen LogP contribution in [-0.4, -0.2) is 12.0 Å². The molecule has 4 heteroatoms. The first-order valence-corrected chi connectivity index (χ1v) is 5.02. The number of hydrogen-bond acceptors (Lipinski definition) is 3. The fourth-order valence-electron chi connectivity index (χ4n) is 1.36. The molecular weight excluding hydrogens is 212 g/mol. The Hall–Kier alpha value is -1.48. The van der Waals surface area contributed by atoms with E-state index in [2.05, 4.69) is 10.3 Å². The van der Waals surface area contributed by atoms with Crippen molar-refractivity contribution >= 4 is 17.6 Å². The lowest BCUT2D eigenvalue weighted by molar-refractivity contribution is 0.574. The summed E-state index contributed by atoms with van der Waals surface area (Å²) in [5.74, 6) is 0. The Morgan fingerprint density at radius 2 is 2.33 bits per heavy atom. The van der Waals surface area contributed by atoms with Crippen LogP contribution in [0.2, 0.25) is 5.02 Å². The van der Waals surface area contributed by atoms with Crippen LogP contribution in [0.5, 0.6) is 0 Å². The Morgan fingerprint density at radius 3 is 3.00 bits per heavy atom. The summed E-state index contributed by atoms with van der Waals surface area (Å²) < 4.78 is 5.16. The molecule has 2 rings (SSSR count). The third kappa shape index (κ3) is 2.50. The molecule has 1 N–H and O–H groups in total. The van der Waals surface area contributed by atoms with Crippen LogP contribution in [0.25, 0.3) is 0 Å². The third-order valence-electron chi connectivity index (χ3n) is 2.04. The van der Waals surface area contributed by atoms with E-state index in [4.69, 9.17) is 16.0 Å². The molecule has 0 radical (unpaired) electrons. The maximum absolute atomic E-state index is 5.89. The number of nitrogens with one attached hydrogen (secondary N) is 1. The van der Waals surface area contributed by atoms with E-state index in [0.717, 1.165) is 22.7 Å². The first-order chi connectivity index (χ1) is 7.28. The highest BCUT2D eigenvalue weighted by molar-refractivity contribution is 6.30. The van der Waals surface area contributed by atoms with Gasteiger partial charge >= 0.3 is 0 Å². The highest BCUT2D eigenvalue weighted by Gasteiger charge is 2.03. The average molecular weight is 223 g/mol. The Bertz CT molecular complexity index is 453. The zero-order valence-electron chi connectivity index (χ0n) is 8.33. The van der Waals surface area contributed by atoms with Gasteiger partial charge < -0.3 is 9.73 Å². The van der Waals surface area contributed by atoms with Gasteiger partial charge in [-0.1, -0.05) is 23.7 Å². The Labute approximate surface area is 93.1 Å². The lowest BCUT2D eigenvalue weighted by Gasteiger charge is -1.97. The average Bonchev–Trinajstić information content (AvgIpc) is 2.65. The first-order valence-electron chi connectivity index (χ1n) is 4.64. The van der Waals surface area contributed by atoms with Gasteiger partial charge in [0, 0.05) is 18.5 Å². The zero-order chi connectivity index (χ0) is 10.7. The molecule has 0 spiro atoms. The summed E-state index contributed by atoms with van der Waals surface area (Å²) >= 11 is 5.89. The van der Waals surface area contributed by atoms with Crippen molar-refractivity contribution in [2.45, 2.75) is 6.42 Å². The number of halogens is 1. The smallest absolute Gasteiger partial charge is 0.294 e. The quantitative estimate of drug-likeness (QED) is 0.868. The lowest BCUT2D eigenvalue weighted by atomic mass is 10.1. The predicted octanol–water partition coefficient (Wildman–Crippen LogP) is 2.96. The van der Waals surface area contributed by atoms with E-state index in [0.29, 0.717) is 6.01 Å². The molecule has 0 aliphatic carbocycles. The molecule has 0 saturated carbocycles. The van der Waals surface area contributed by atoms with Gasteiger partial charge in [0.2, 0.25) is 0 Å². The molecule has 0 fully saturated rings. The predicted molar refractivity (Wildman–Crippen MR) is 60.3 cm³/mol. The molecule has 2 aromatic rings. The van der Waals surface area contributed by atoms with E-state index >= 15 is 0 Å². The molecule has 0 amide bonds. The van der Waals surface area contributed by atoms with E-state index in [1.807, 2.05) is 24.3 Å². The minimum atomic E-state index is 0.534. The van der Waals surface area contributed by atoms with E-state index in [1.165, 1.54) is 0 Å². The SMILES string of the molecule is CNc1nc(Cc2cccc(Cl)c2)co1. The highest BCUT2D eigenvalue weighted by Crippen LogP contribution is 2.15. The van der Waals surface area contributed by atoms with E-state index in [9.17, 15) is 0 Å². The van der Waals surface area contributed by atoms with Gasteiger partial charge in [-0.05, 0) is 17.7 Å². The van der Waals surface area contributed by atoms with Crippen LogP contribution < -0.4 is 5.32 Å². The van der Waals surface area contributed by atoms with Gasteiger partial charge in [-0.3, -0.25) is 0 Å². The summed E-state index contributed by atoms with van der Waals surface area (Å²) in [6, 6.07) is 8.26. The molecule has 78 valence electrons. The van der Waals surface area contributed by atoms with Crippen molar-refractivity contribution in [3.63, 3.8) is 0 Å². The van der Waals surface area contributed by atoms with Gasteiger partial charge in [0.15, 0.2) is 0 Å². The summed E-state index contributed by atoms with van der Waals surface area (Å²) in [5, 5.41) is 3.58. The van der Waals surface area contributed by atoms with E-state index in [-0.39, 0.29) is 0 Å². The molecule has 0 aliphatic rings. The van der Waals surface area contributed by atoms with E-state index < -0.39 is 0 Å². The molecule has 0 aliphatic heterocycles. The van der Waals surface area contributed by atoms with Crippen molar-refractivity contribution in [2.75, 3.05) is 12.4 Å². The van der Waals surface area contributed by atoms with Crippen LogP contribution in [0.15, 0.2) is 34.9 Å². The van der Waals surface area contributed by atoms with Gasteiger partial charge in [-0.15, -0.1) is 0 Å². The van der Waals surface area contributed by atoms with Crippen molar-refractivity contribution in [1.82, 2.24) is 4.98 Å². The van der Waals surface area contributed by atoms with Crippen molar-refractivity contribution < 1.29 is 4.42 Å². The Balaban J connectivity index is 2.14. The van der Waals surface area contributed by atoms with Crippen LogP contribution in [0.3, 0.4) is 0 Å². The summed E-state index contributed by atoms with van der Waals surface area (Å²) in [6.07, 6.45) is 2.37. The number of oxazole rings is 1. The van der Waals surface area contributed by atoms with E-state index in [1.54, 1.807) is 13.3 Å². The summed E-state index contributed by atoms with van der Waals surface area (Å²) in [6.45, 7) is 0. The molecular formula is C11H11ClN2O. The second kappa shape index (κ2) is 4.36. The molecule has 15 heavy (non-hydrogen) atoms. The van der Waals surface area contributed by atoms with Crippen LogP contribution in [0.1, 0.15) is 11.3 Å². The Kier molecular flexibility index (Phi) is 2.92. The van der Waals surface area contributed by atoms with Gasteiger partial charge in [-0.2, -0.15) is 4.98 Å². The second-order valence-electron chi connectivity index (χ2n) is 3.20. The summed E-state index contributed by atoms with van der Waals surface area (Å²) in [4.78, 5) is 4.23. The molecule has 1 aromatic heterocycles. The molecule has 0 bridgehead atoms. The van der Waals surface area contributed by atoms with Crippen LogP contribution in [0.4, 0.5) is 6.01 Å². The lowest BCUT2D eigenvalue weighted by Crippen LogP contribution is -1.90. The maximum atomic E-state index is 5.89. The van der Waals surface area contributed by atoms with Crippen LogP contribution in [-0.2, 0) is 6.42 Å². The standard InChI is InChI=1S/C11H11ClN2O/c1-13-11-14-10(7-15-11)6-8-3-2-4-9(12)5-8/h2-5,7H,6H2,1H3,(H,13,14). The topological polar surface area (TPSA) is 38.1 Å². The first kappa shape index (κ1) is 10.1. The van der Waals surface area contributed by atoms with Crippen molar-refractivity contribution in [1.29, 1.82) is 0 Å². The van der Waals surface area contributed by atoms with Crippen LogP contribution in [0, 0.1) is 0 Å². The molecule has 1 aromatic carbocycles. The molecule has 3 nitrogen and oxygen atoms in total. The fraction of sp³-hybridized carbons (Fsp3) is 0.182. The third-order valence-corrected chi connectivity index (χ3v) is 2.27. The van der Waals surface area contributed by atoms with Gasteiger partial charge in [0.25, 0.3) is 6.01 Å². The van der Waals surface area contributed by atoms with Gasteiger partial charge in [0.1, 0.15) is 6.26 Å². The monoisotopic (exact) mass is 222 g/mol. The number of benzene rings is 1. The molecule has 0 saturated heterocycles. The van der Waals surface area contributed by atoms with Crippen molar-refractivity contribution in [2.24, 2.45) is 0 Å². The number of nitrogens with zero attached hydrogens (tertiary/aromatic N) is 1. The maximum Gasteiger partial charge on any atom is 0.294 e. The summed E-state index contributed by atoms with van der Waals surface area (Å²) in [5.41, 5.74) is 2.01. The molecule has 0 unspecified atom stereocenters. The minimum Gasteiger partial charge on any atom is -0.432 e. The zero-order valence-corrected chi connectivity index (χ0v) is 9.08. The minimum absolute atomic E-state index is 0.534. The fourth-order valence-corrected chi connectivity index (χ4v) is 1.57. The number of hydrogen-bond donors (Lipinski definition) is 1. The van der Waals surface area contributed by atoms with Gasteiger partial charge in [0.05, 0.1) is 5.69 Å². The van der Waals surface area contributed by atoms with Crippen LogP contribution >= 0.6 is 11.6 Å². The van der Waals surface area contributed by atoms with Gasteiger partial charge in [-0.25, -0.2) is 0 Å². The molecule has 0 atom stereocenters. The highest BCUT2D eigenvalue weighted by atomic mass is 35.5. The Morgan fingerprint density at radius 1 is 1.47 bits per heavy atom. The normalized spacial score (nSPS) is 10.3. The van der Waals surface area contributed by atoms with Crippen molar-refractivity contribution in [3.8, 4) is 0 Å². The van der Waals surface area contributed by atoms with Crippen molar-refractivity contribution in [3.05, 3.63) is 46.8 Å². The largest absolute Gasteiger partial charge is 0.432 e. The number of rotatable bonds is 3. The second-order valence-corrected chi connectivity index (χ2v) is 3.64. The molecule has 1 heterocycles.